The second kappa shape index (κ2) is 6.56. The smallest absolute Gasteiger partial charge is 0.339 e. The Morgan fingerprint density at radius 3 is 2.48 bits per heavy atom. The normalized spacial score (nSPS) is 13.6. The molecule has 8 heteroatoms. The van der Waals surface area contributed by atoms with Gasteiger partial charge in [0.05, 0.1) is 12.7 Å². The Morgan fingerprint density at radius 1 is 1.08 bits per heavy atom. The van der Waals surface area contributed by atoms with Gasteiger partial charge in [-0.3, -0.25) is 4.79 Å². The maximum atomic E-state index is 12.4. The molecule has 130 valence electrons. The highest BCUT2D eigenvalue weighted by Crippen LogP contribution is 2.28. The molecule has 2 aromatic carbocycles. The molecule has 0 fully saturated rings. The van der Waals surface area contributed by atoms with Crippen LogP contribution in [-0.2, 0) is 26.1 Å². The van der Waals surface area contributed by atoms with Gasteiger partial charge in [-0.2, -0.15) is 8.42 Å². The Kier molecular flexibility index (Phi) is 4.45. The highest BCUT2D eigenvalue weighted by atomic mass is 32.2. The minimum atomic E-state index is -4.04. The molecule has 0 spiro atoms. The lowest BCUT2D eigenvalue weighted by atomic mass is 10.0. The highest BCUT2D eigenvalue weighted by molar-refractivity contribution is 7.87. The Bertz CT molecular complexity index is 934. The van der Waals surface area contributed by atoms with Gasteiger partial charge < -0.3 is 14.2 Å². The lowest BCUT2D eigenvalue weighted by molar-refractivity contribution is -0.116. The summed E-state index contributed by atoms with van der Waals surface area (Å²) in [6.07, 6.45) is 0.866. The molecule has 0 saturated heterocycles. The average Bonchev–Trinajstić information content (AvgIpc) is 2.61. The summed E-state index contributed by atoms with van der Waals surface area (Å²) in [6.45, 7) is 0. The quantitative estimate of drug-likeness (QED) is 0.662. The molecule has 0 atom stereocenters. The number of carbonyl (C=O) groups is 2. The number of methoxy groups -OCH3 is 1. The largest absolute Gasteiger partial charge is 0.465 e. The van der Waals surface area contributed by atoms with E-state index in [0.717, 1.165) is 5.56 Å². The van der Waals surface area contributed by atoms with Crippen LogP contribution in [0.5, 0.6) is 5.75 Å². The first-order valence-corrected chi connectivity index (χ1v) is 8.85. The van der Waals surface area contributed by atoms with E-state index in [4.69, 9.17) is 4.18 Å². The first-order valence-electron chi connectivity index (χ1n) is 7.45. The molecule has 0 saturated carbocycles. The van der Waals surface area contributed by atoms with Gasteiger partial charge in [0.15, 0.2) is 0 Å². The van der Waals surface area contributed by atoms with Crippen LogP contribution in [-0.4, -0.2) is 27.4 Å². The molecule has 1 aliphatic heterocycles. The molecule has 0 aliphatic carbocycles. The molecular weight excluding hydrogens is 346 g/mol. The number of ether oxygens (including phenoxy) is 1. The van der Waals surface area contributed by atoms with E-state index in [1.165, 1.54) is 37.4 Å². The van der Waals surface area contributed by atoms with Crippen molar-refractivity contribution in [1.29, 1.82) is 0 Å². The van der Waals surface area contributed by atoms with Crippen LogP contribution < -0.4 is 9.50 Å². The summed E-state index contributed by atoms with van der Waals surface area (Å²) in [5, 5.41) is 2.72. The zero-order valence-electron chi connectivity index (χ0n) is 13.3. The van der Waals surface area contributed by atoms with E-state index in [1.807, 2.05) is 0 Å². The zero-order valence-corrected chi connectivity index (χ0v) is 14.1. The maximum Gasteiger partial charge on any atom is 0.339 e. The number of fused-ring (bicyclic) bond motifs is 1. The fraction of sp³-hybridized carbons (Fsp3) is 0.176. The number of rotatable bonds is 4. The lowest BCUT2D eigenvalue weighted by Crippen LogP contribution is -2.19. The Morgan fingerprint density at radius 2 is 1.80 bits per heavy atom. The predicted molar refractivity (Wildman–Crippen MR) is 89.0 cm³/mol. The number of esters is 1. The molecule has 0 aromatic heterocycles. The van der Waals surface area contributed by atoms with E-state index in [2.05, 4.69) is 10.1 Å². The standard InChI is InChI=1S/C17H15NO6S/c1-23-17(20)11-2-6-14(7-3-11)25(21,22)24-13-5-8-15-12(10-13)4-9-16(19)18-15/h2-3,5-8,10H,4,9H2,1H3,(H,18,19). The molecular formula is C17H15NO6S. The Balaban J connectivity index is 1.82. The third-order valence-corrected chi connectivity index (χ3v) is 5.00. The number of carbonyl (C=O) groups excluding carboxylic acids is 2. The van der Waals surface area contributed by atoms with E-state index in [0.29, 0.717) is 18.5 Å². The van der Waals surface area contributed by atoms with Gasteiger partial charge in [-0.05, 0) is 54.4 Å². The molecule has 7 nitrogen and oxygen atoms in total. The Labute approximate surface area is 144 Å². The van der Waals surface area contributed by atoms with Crippen molar-refractivity contribution in [2.45, 2.75) is 17.7 Å². The number of aryl methyl sites for hydroxylation is 1. The summed E-state index contributed by atoms with van der Waals surface area (Å²) >= 11 is 0. The number of benzene rings is 2. The lowest BCUT2D eigenvalue weighted by Gasteiger charge is -2.17. The minimum Gasteiger partial charge on any atom is -0.465 e. The number of anilines is 1. The second-order valence-electron chi connectivity index (χ2n) is 5.42. The van der Waals surface area contributed by atoms with Crippen molar-refractivity contribution in [1.82, 2.24) is 0 Å². The molecule has 1 N–H and O–H groups in total. The molecule has 2 aromatic rings. The van der Waals surface area contributed by atoms with Crippen LogP contribution in [0.2, 0.25) is 0 Å². The first kappa shape index (κ1) is 17.0. The van der Waals surface area contributed by atoms with Crippen LogP contribution in [0.15, 0.2) is 47.4 Å². The predicted octanol–water partition coefficient (Wildman–Crippen LogP) is 2.13. The van der Waals surface area contributed by atoms with Crippen molar-refractivity contribution in [3.8, 4) is 5.75 Å². The van der Waals surface area contributed by atoms with Crippen LogP contribution in [0.3, 0.4) is 0 Å². The first-order chi connectivity index (χ1) is 11.9. The van der Waals surface area contributed by atoms with Crippen molar-refractivity contribution in [3.05, 3.63) is 53.6 Å². The van der Waals surface area contributed by atoms with Gasteiger partial charge in [-0.25, -0.2) is 4.79 Å². The van der Waals surface area contributed by atoms with E-state index < -0.39 is 16.1 Å². The maximum absolute atomic E-state index is 12.4. The molecule has 0 radical (unpaired) electrons. The summed E-state index contributed by atoms with van der Waals surface area (Å²) in [5.74, 6) is -0.465. The number of hydrogen-bond acceptors (Lipinski definition) is 6. The summed E-state index contributed by atoms with van der Waals surface area (Å²) in [7, 11) is -2.79. The van der Waals surface area contributed by atoms with Gasteiger partial charge in [0.1, 0.15) is 10.6 Å². The number of nitrogens with one attached hydrogen (secondary N) is 1. The monoisotopic (exact) mass is 361 g/mol. The fourth-order valence-electron chi connectivity index (χ4n) is 2.46. The average molecular weight is 361 g/mol. The third kappa shape index (κ3) is 3.63. The van der Waals surface area contributed by atoms with Gasteiger partial charge in [0.25, 0.3) is 0 Å². The molecule has 25 heavy (non-hydrogen) atoms. The number of hydrogen-bond donors (Lipinski definition) is 1. The van der Waals surface area contributed by atoms with Gasteiger partial charge in [-0.15, -0.1) is 0 Å². The Hall–Kier alpha value is -2.87. The van der Waals surface area contributed by atoms with E-state index in [-0.39, 0.29) is 22.1 Å². The summed E-state index contributed by atoms with van der Waals surface area (Å²) in [4.78, 5) is 22.7. The molecule has 3 rings (SSSR count). The van der Waals surface area contributed by atoms with Crippen LogP contribution in [0.25, 0.3) is 0 Å². The zero-order chi connectivity index (χ0) is 18.0. The van der Waals surface area contributed by atoms with Crippen molar-refractivity contribution in [2.24, 2.45) is 0 Å². The fourth-order valence-corrected chi connectivity index (χ4v) is 3.38. The van der Waals surface area contributed by atoms with Gasteiger partial charge in [0, 0.05) is 12.1 Å². The van der Waals surface area contributed by atoms with E-state index >= 15 is 0 Å². The van der Waals surface area contributed by atoms with Gasteiger partial charge >= 0.3 is 16.1 Å². The second-order valence-corrected chi connectivity index (χ2v) is 6.97. The summed E-state index contributed by atoms with van der Waals surface area (Å²) < 4.78 is 34.4. The molecule has 1 aliphatic rings. The van der Waals surface area contributed by atoms with E-state index in [1.54, 1.807) is 12.1 Å². The summed E-state index contributed by atoms with van der Waals surface area (Å²) in [6, 6.07) is 9.94. The van der Waals surface area contributed by atoms with E-state index in [9.17, 15) is 18.0 Å². The van der Waals surface area contributed by atoms with Crippen LogP contribution in [0.4, 0.5) is 5.69 Å². The van der Waals surface area contributed by atoms with Crippen LogP contribution in [0, 0.1) is 0 Å². The van der Waals surface area contributed by atoms with Crippen molar-refractivity contribution >= 4 is 27.7 Å². The molecule has 0 unspecified atom stereocenters. The minimum absolute atomic E-state index is 0.0699. The molecule has 1 heterocycles. The van der Waals surface area contributed by atoms with Crippen LogP contribution >= 0.6 is 0 Å². The van der Waals surface area contributed by atoms with Gasteiger partial charge in [0.2, 0.25) is 5.91 Å². The van der Waals surface area contributed by atoms with Crippen molar-refractivity contribution in [3.63, 3.8) is 0 Å². The molecule has 0 bridgehead atoms. The van der Waals surface area contributed by atoms with Crippen molar-refractivity contribution in [2.75, 3.05) is 12.4 Å². The van der Waals surface area contributed by atoms with Gasteiger partial charge in [-0.1, -0.05) is 0 Å². The molecule has 1 amide bonds. The SMILES string of the molecule is COC(=O)c1ccc(S(=O)(=O)Oc2ccc3c(c2)CCC(=O)N3)cc1. The van der Waals surface area contributed by atoms with Crippen molar-refractivity contribution < 1.29 is 26.9 Å². The topological polar surface area (TPSA) is 98.8 Å². The third-order valence-electron chi connectivity index (χ3n) is 3.74. The number of amides is 1. The van der Waals surface area contributed by atoms with Crippen LogP contribution in [0.1, 0.15) is 22.3 Å². The summed E-state index contributed by atoms with van der Waals surface area (Å²) in [5.41, 5.74) is 1.71. The highest BCUT2D eigenvalue weighted by Gasteiger charge is 2.20.